The first-order valence-corrected chi connectivity index (χ1v) is 26.2. The van der Waals surface area contributed by atoms with Crippen molar-refractivity contribution in [3.05, 3.63) is 205 Å². The SMILES string of the molecule is CN(CCOc1ccc(/C=C/C(=O)C(F)(F)F)cc1)CC(c1ccc(Cl)cc1)c1ccc(Cl)cc1.CN(CCOc1ccc(C(CC(=O)C(F)(F)F)SCCC(=O)O)cc1)CC(c1ccc(Cl)cc1)c1ccc(Cl)cc1. The number of nitrogens with zero attached hydrogens (tertiary/aromatic N) is 2. The minimum atomic E-state index is -4.94. The van der Waals surface area contributed by atoms with E-state index in [2.05, 4.69) is 9.80 Å². The van der Waals surface area contributed by atoms with E-state index < -0.39 is 41.6 Å². The van der Waals surface area contributed by atoms with E-state index in [1.165, 1.54) is 0 Å². The maximum Gasteiger partial charge on any atom is 0.454 e. The van der Waals surface area contributed by atoms with Crippen LogP contribution in [0.4, 0.5) is 26.3 Å². The molecule has 6 aromatic carbocycles. The van der Waals surface area contributed by atoms with Crippen molar-refractivity contribution in [2.75, 3.05) is 59.2 Å². The van der Waals surface area contributed by atoms with Crippen LogP contribution in [0.25, 0.3) is 6.08 Å². The molecule has 1 N–H and O–H groups in total. The van der Waals surface area contributed by atoms with Crippen molar-refractivity contribution in [3.63, 3.8) is 0 Å². The van der Waals surface area contributed by atoms with Crippen LogP contribution in [0.3, 0.4) is 0 Å². The topological polar surface area (TPSA) is 96.4 Å². The summed E-state index contributed by atoms with van der Waals surface area (Å²) in [5, 5.41) is 10.7. The molecule has 0 saturated heterocycles. The van der Waals surface area contributed by atoms with Crippen molar-refractivity contribution in [3.8, 4) is 11.5 Å². The number of ether oxygens (including phenoxy) is 2. The summed E-state index contributed by atoms with van der Waals surface area (Å²) in [6.07, 6.45) is -9.15. The molecule has 6 aromatic rings. The molecule has 0 radical (unpaired) electrons. The molecule has 6 rings (SSSR count). The van der Waals surface area contributed by atoms with E-state index in [0.29, 0.717) is 81.6 Å². The molecule has 0 heterocycles. The number of allylic oxidation sites excluding steroid dienone is 1. The quantitative estimate of drug-likeness (QED) is 0.0444. The van der Waals surface area contributed by atoms with Gasteiger partial charge in [-0.05, 0) is 126 Å². The van der Waals surface area contributed by atoms with Crippen LogP contribution in [-0.4, -0.2) is 104 Å². The van der Waals surface area contributed by atoms with Gasteiger partial charge in [-0.2, -0.15) is 38.1 Å². The number of ketones is 2. The zero-order chi connectivity index (χ0) is 55.4. The van der Waals surface area contributed by atoms with Crippen molar-refractivity contribution in [1.82, 2.24) is 9.80 Å². The number of carbonyl (C=O) groups is 3. The van der Waals surface area contributed by atoms with Crippen LogP contribution in [0.1, 0.15) is 63.3 Å². The molecule has 0 aromatic heterocycles. The summed E-state index contributed by atoms with van der Waals surface area (Å²) in [7, 11) is 4.00. The molecule has 0 spiro atoms. The Morgan fingerprint density at radius 2 is 0.908 bits per heavy atom. The molecule has 0 saturated carbocycles. The van der Waals surface area contributed by atoms with Crippen molar-refractivity contribution in [1.29, 1.82) is 0 Å². The predicted molar refractivity (Wildman–Crippen MR) is 292 cm³/mol. The van der Waals surface area contributed by atoms with Crippen LogP contribution in [0.15, 0.2) is 152 Å². The number of benzene rings is 6. The lowest BCUT2D eigenvalue weighted by atomic mass is 9.91. The molecule has 0 fully saturated rings. The van der Waals surface area contributed by atoms with Gasteiger partial charge in [0.2, 0.25) is 5.78 Å². The van der Waals surface area contributed by atoms with Crippen LogP contribution >= 0.6 is 58.2 Å². The fourth-order valence-corrected chi connectivity index (χ4v) is 9.30. The summed E-state index contributed by atoms with van der Waals surface area (Å²) >= 11 is 25.3. The second kappa shape index (κ2) is 29.8. The van der Waals surface area contributed by atoms with Gasteiger partial charge in [-0.25, -0.2) is 0 Å². The Morgan fingerprint density at radius 1 is 0.553 bits per heavy atom. The van der Waals surface area contributed by atoms with Crippen molar-refractivity contribution < 1.29 is 55.3 Å². The van der Waals surface area contributed by atoms with E-state index in [-0.39, 0.29) is 24.0 Å². The Bertz CT molecular complexity index is 2700. The van der Waals surface area contributed by atoms with Crippen LogP contribution in [0, 0.1) is 0 Å². The molecule has 76 heavy (non-hydrogen) atoms. The van der Waals surface area contributed by atoms with Gasteiger partial charge in [-0.15, -0.1) is 0 Å². The number of likely N-dealkylation sites (N-methyl/N-ethyl adjacent to an activating group) is 2. The first kappa shape index (κ1) is 61.3. The van der Waals surface area contributed by atoms with Crippen molar-refractivity contribution in [2.24, 2.45) is 0 Å². The van der Waals surface area contributed by atoms with Gasteiger partial charge in [0, 0.05) is 75.5 Å². The van der Waals surface area contributed by atoms with Gasteiger partial charge in [-0.3, -0.25) is 14.4 Å². The third-order valence-electron chi connectivity index (χ3n) is 11.7. The number of carboxylic acids is 1. The number of carbonyl (C=O) groups excluding carboxylic acids is 2. The monoisotopic (exact) mass is 1150 g/mol. The summed E-state index contributed by atoms with van der Waals surface area (Å²) in [4.78, 5) is 37.7. The summed E-state index contributed by atoms with van der Waals surface area (Å²) in [6.45, 7) is 3.49. The van der Waals surface area contributed by atoms with Gasteiger partial charge in [-0.1, -0.05) is 125 Å². The van der Waals surface area contributed by atoms with Gasteiger partial charge in [0.05, 0.1) is 6.42 Å². The Hall–Kier alpha value is -5.52. The fraction of sp³-hybridized carbons (Fsp3) is 0.281. The van der Waals surface area contributed by atoms with Crippen LogP contribution in [-0.2, 0) is 14.4 Å². The molecule has 19 heteroatoms. The molecule has 0 bridgehead atoms. The number of rotatable bonds is 25. The van der Waals surface area contributed by atoms with Crippen LogP contribution < -0.4 is 9.47 Å². The second-order valence-corrected chi connectivity index (χ2v) is 20.6. The van der Waals surface area contributed by atoms with Crippen LogP contribution in [0.5, 0.6) is 11.5 Å². The van der Waals surface area contributed by atoms with E-state index in [0.717, 1.165) is 46.6 Å². The molecular formula is C57H54Cl4F6N2O6S. The molecule has 1 atom stereocenters. The average Bonchev–Trinajstić information content (AvgIpc) is 3.37. The third kappa shape index (κ3) is 21.1. The Balaban J connectivity index is 0.000000284. The number of carboxylic acid groups (broad SMARTS) is 1. The molecule has 8 nitrogen and oxygen atoms in total. The lowest BCUT2D eigenvalue weighted by molar-refractivity contribution is -0.171. The van der Waals surface area contributed by atoms with E-state index in [9.17, 15) is 40.7 Å². The fourth-order valence-electron chi connectivity index (χ4n) is 7.60. The first-order chi connectivity index (χ1) is 36.0. The highest BCUT2D eigenvalue weighted by Gasteiger charge is 2.39. The van der Waals surface area contributed by atoms with Gasteiger partial charge < -0.3 is 24.4 Å². The molecule has 0 aliphatic heterocycles. The van der Waals surface area contributed by atoms with Crippen molar-refractivity contribution in [2.45, 2.75) is 42.3 Å². The van der Waals surface area contributed by atoms with E-state index in [1.54, 1.807) is 48.5 Å². The van der Waals surface area contributed by atoms with Gasteiger partial charge in [0.25, 0.3) is 5.78 Å². The molecule has 1 unspecified atom stereocenters. The average molecular weight is 1150 g/mol. The highest BCUT2D eigenvalue weighted by atomic mass is 35.5. The maximum absolute atomic E-state index is 12.9. The number of halogens is 10. The Labute approximate surface area is 462 Å². The lowest BCUT2D eigenvalue weighted by Crippen LogP contribution is -2.29. The number of thioether (sulfide) groups is 1. The summed E-state index contributed by atoms with van der Waals surface area (Å²) in [5.74, 6) is -3.40. The Kier molecular flexibility index (Phi) is 24.1. The van der Waals surface area contributed by atoms with E-state index >= 15 is 0 Å². The van der Waals surface area contributed by atoms with Crippen LogP contribution in [0.2, 0.25) is 20.1 Å². The summed E-state index contributed by atoms with van der Waals surface area (Å²) in [6, 6.07) is 44.0. The number of Topliss-reactive ketones (excluding diaryl/α,β-unsaturated/α-hetero) is 1. The zero-order valence-corrected chi connectivity index (χ0v) is 45.0. The number of hydrogen-bond acceptors (Lipinski definition) is 8. The molecule has 404 valence electrons. The largest absolute Gasteiger partial charge is 0.492 e. The van der Waals surface area contributed by atoms with Gasteiger partial charge in [0.15, 0.2) is 0 Å². The third-order valence-corrected chi connectivity index (χ3v) is 14.0. The minimum Gasteiger partial charge on any atom is -0.492 e. The summed E-state index contributed by atoms with van der Waals surface area (Å²) in [5.41, 5.74) is 5.46. The number of alkyl halides is 6. The first-order valence-electron chi connectivity index (χ1n) is 23.6. The standard InChI is InChI=1S/C30H30Cl2F3NO4S.C27H24Cl2F3NO2/c1-36(19-26(20-2-8-23(31)9-3-20)21-4-10-24(32)11-5-21)15-16-40-25-12-6-22(7-13-25)27(41-17-14-29(38)39)18-28(37)30(33,34)35;1-33(16-17-35-24-13-2-19(3-14-24)4-15-26(34)27(30,31)32)18-25(20-5-9-22(28)10-6-20)21-7-11-23(29)12-8-21/h2-13,26-27H,14-19H2,1H3,(H,38,39);2-15,25H,16-18H2,1H3/b;15-4+. The molecule has 0 amide bonds. The molecule has 0 aliphatic carbocycles. The predicted octanol–water partition coefficient (Wildman–Crippen LogP) is 15.2. The number of hydrogen-bond donors (Lipinski definition) is 1. The van der Waals surface area contributed by atoms with Crippen molar-refractivity contribution >= 4 is 81.8 Å². The number of aliphatic carboxylic acids is 1. The Morgan fingerprint density at radius 3 is 1.25 bits per heavy atom. The minimum absolute atomic E-state index is 0.0729. The normalized spacial score (nSPS) is 12.3. The molecule has 0 aliphatic rings. The van der Waals surface area contributed by atoms with E-state index in [4.69, 9.17) is 61.0 Å². The highest BCUT2D eigenvalue weighted by Crippen LogP contribution is 2.37. The lowest BCUT2D eigenvalue weighted by Gasteiger charge is -2.25. The zero-order valence-electron chi connectivity index (χ0n) is 41.2. The van der Waals surface area contributed by atoms with Gasteiger partial charge >= 0.3 is 18.3 Å². The highest BCUT2D eigenvalue weighted by molar-refractivity contribution is 7.99. The molecular weight excluding hydrogens is 1100 g/mol. The van der Waals surface area contributed by atoms with Gasteiger partial charge in [0.1, 0.15) is 24.7 Å². The maximum atomic E-state index is 12.9. The summed E-state index contributed by atoms with van der Waals surface area (Å²) < 4.78 is 87.1. The van der Waals surface area contributed by atoms with E-state index in [1.807, 2.05) is 111 Å². The second-order valence-electron chi connectivity index (χ2n) is 17.5. The smallest absolute Gasteiger partial charge is 0.454 e.